The molecule has 0 unspecified atom stereocenters. The monoisotopic (exact) mass is 822 g/mol. The van der Waals surface area contributed by atoms with Gasteiger partial charge in [-0.1, -0.05) is 32.9 Å². The van der Waals surface area contributed by atoms with Crippen LogP contribution in [0.2, 0.25) is 0 Å². The lowest BCUT2D eigenvalue weighted by atomic mass is 9.61. The van der Waals surface area contributed by atoms with Gasteiger partial charge in [0.15, 0.2) is 0 Å². The second-order valence-corrected chi connectivity index (χ2v) is 17.6. The van der Waals surface area contributed by atoms with E-state index >= 15 is 0 Å². The second kappa shape index (κ2) is 17.5. The molecule has 318 valence electrons. The molecule has 0 saturated carbocycles. The number of rotatable bonds is 7. The zero-order valence-corrected chi connectivity index (χ0v) is 36.2. The largest absolute Gasteiger partial charge is 0.508 e. The van der Waals surface area contributed by atoms with Crippen molar-refractivity contribution in [2.45, 2.75) is 94.8 Å². The highest BCUT2D eigenvalue weighted by Gasteiger charge is 2.54. The number of nitrogens with one attached hydrogen (secondary N) is 2. The number of piperidine rings is 2. The molecule has 2 aliphatic heterocycles. The molecule has 12 heteroatoms. The Hall–Kier alpha value is -6.08. The molecule has 2 saturated heterocycles. The summed E-state index contributed by atoms with van der Waals surface area (Å²) in [5, 5.41) is 44.4. The van der Waals surface area contributed by atoms with Crippen LogP contribution in [0.25, 0.3) is 0 Å². The molecule has 2 fully saturated rings. The molecule has 12 nitrogen and oxygen atoms in total. The normalized spacial score (nSPS) is 24.9. The van der Waals surface area contributed by atoms with Gasteiger partial charge in [0.25, 0.3) is 0 Å². The summed E-state index contributed by atoms with van der Waals surface area (Å²) in [7, 11) is 4.28. The first-order chi connectivity index (χ1) is 29.2. The smallest absolute Gasteiger partial charge is 0.322 e. The molecule has 4 aliphatic rings. The zero-order chi connectivity index (χ0) is 43.6. The number of aromatic hydroxyl groups is 2. The average Bonchev–Trinajstić information content (AvgIpc) is 3.25. The molecule has 0 spiro atoms. The van der Waals surface area contributed by atoms with Gasteiger partial charge >= 0.3 is 12.1 Å². The highest BCUT2D eigenvalue weighted by Crippen LogP contribution is 2.49. The standard InChI is InChI=1S/C25H30N4O2.C24H28N4O2/c1-4-12-29(24(31)27-19-8-5-17(16-26)6-9-19)23-22-14-18-7-10-20(30)15-21(18)25(23,2)11-13-28(22)3;1-4-28(23(30)26-18-8-5-16(15-25)6-9-18)22-21-13-17-7-10-19(29)14-20(17)24(22,2)11-12-27(21)3/h5-10,15,22-23,30H,4,11-14H2,1-3H3,(H,27,31);5-10,14,21-22,29H,4,11-13H2,1-3H3,(H,26,30)/t22-,23+,25-;21-,22-,24-/m11/s1. The van der Waals surface area contributed by atoms with Crippen molar-refractivity contribution in [2.24, 2.45) is 0 Å². The van der Waals surface area contributed by atoms with Crippen LogP contribution >= 0.6 is 0 Å². The summed E-state index contributed by atoms with van der Waals surface area (Å²) >= 11 is 0. The Morgan fingerprint density at radius 3 is 1.49 bits per heavy atom. The minimum Gasteiger partial charge on any atom is -0.508 e. The highest BCUT2D eigenvalue weighted by atomic mass is 16.3. The maximum absolute atomic E-state index is 13.5. The van der Waals surface area contributed by atoms with Crippen LogP contribution in [0.5, 0.6) is 11.5 Å². The maximum atomic E-state index is 13.5. The number of urea groups is 2. The molecule has 4 aromatic carbocycles. The van der Waals surface area contributed by atoms with Crippen LogP contribution < -0.4 is 10.6 Å². The fourth-order valence-corrected chi connectivity index (χ4v) is 10.7. The number of nitrogens with zero attached hydrogens (tertiary/aromatic N) is 6. The number of amides is 4. The quantitative estimate of drug-likeness (QED) is 0.147. The van der Waals surface area contributed by atoms with E-state index in [4.69, 9.17) is 10.5 Å². The molecule has 4 bridgehead atoms. The van der Waals surface area contributed by atoms with Crippen LogP contribution in [-0.4, -0.2) is 106 Å². The number of carbonyl (C=O) groups excluding carboxylic acids is 2. The van der Waals surface area contributed by atoms with Crippen molar-refractivity contribution in [3.05, 3.63) is 118 Å². The summed E-state index contributed by atoms with van der Waals surface area (Å²) in [6.45, 7) is 11.7. The van der Waals surface area contributed by atoms with Gasteiger partial charge in [0.05, 0.1) is 35.3 Å². The number of benzene rings is 4. The van der Waals surface area contributed by atoms with E-state index in [-0.39, 0.29) is 58.6 Å². The van der Waals surface area contributed by atoms with Gasteiger partial charge in [-0.05, 0) is 161 Å². The Labute approximate surface area is 360 Å². The van der Waals surface area contributed by atoms with Crippen molar-refractivity contribution < 1.29 is 19.8 Å². The molecule has 4 amide bonds. The number of anilines is 2. The van der Waals surface area contributed by atoms with Crippen molar-refractivity contribution in [3.8, 4) is 23.6 Å². The summed E-state index contributed by atoms with van der Waals surface area (Å²) in [4.78, 5) is 35.5. The van der Waals surface area contributed by atoms with Gasteiger partial charge in [-0.3, -0.25) is 0 Å². The third-order valence-electron chi connectivity index (χ3n) is 13.9. The predicted molar refractivity (Wildman–Crippen MR) is 238 cm³/mol. The Kier molecular flexibility index (Phi) is 12.3. The molecule has 4 N–H and O–H groups in total. The van der Waals surface area contributed by atoms with E-state index < -0.39 is 0 Å². The number of likely N-dealkylation sites (tertiary alicyclic amines) is 2. The molecule has 0 aromatic heterocycles. The molecule has 61 heavy (non-hydrogen) atoms. The second-order valence-electron chi connectivity index (χ2n) is 17.6. The van der Waals surface area contributed by atoms with Crippen molar-refractivity contribution in [1.29, 1.82) is 10.5 Å². The average molecular weight is 823 g/mol. The summed E-state index contributed by atoms with van der Waals surface area (Å²) < 4.78 is 0. The van der Waals surface area contributed by atoms with Gasteiger partial charge in [0.2, 0.25) is 0 Å². The number of hydrogen-bond donors (Lipinski definition) is 4. The Balaban J connectivity index is 0.000000184. The molecular formula is C49H58N8O4. The van der Waals surface area contributed by atoms with Gasteiger partial charge < -0.3 is 40.4 Å². The van der Waals surface area contributed by atoms with Crippen LogP contribution in [0.4, 0.5) is 21.0 Å². The van der Waals surface area contributed by atoms with Gasteiger partial charge in [0, 0.05) is 47.4 Å². The fourth-order valence-electron chi connectivity index (χ4n) is 10.7. The van der Waals surface area contributed by atoms with Crippen LogP contribution in [0.3, 0.4) is 0 Å². The van der Waals surface area contributed by atoms with Crippen molar-refractivity contribution in [3.63, 3.8) is 0 Å². The van der Waals surface area contributed by atoms with E-state index in [0.717, 1.165) is 56.3 Å². The summed E-state index contributed by atoms with van der Waals surface area (Å²) in [5.41, 5.74) is 6.85. The minimum atomic E-state index is -0.235. The summed E-state index contributed by atoms with van der Waals surface area (Å²) in [6, 6.07) is 29.6. The van der Waals surface area contributed by atoms with Crippen molar-refractivity contribution >= 4 is 23.4 Å². The van der Waals surface area contributed by atoms with Gasteiger partial charge in [0.1, 0.15) is 11.5 Å². The number of carbonyl (C=O) groups is 2. The summed E-state index contributed by atoms with van der Waals surface area (Å²) in [6.07, 6.45) is 4.41. The van der Waals surface area contributed by atoms with Crippen molar-refractivity contribution in [1.82, 2.24) is 19.6 Å². The van der Waals surface area contributed by atoms with Gasteiger partial charge in [-0.25, -0.2) is 9.59 Å². The highest BCUT2D eigenvalue weighted by molar-refractivity contribution is 5.90. The number of fused-ring (bicyclic) bond motifs is 8. The lowest BCUT2D eigenvalue weighted by molar-refractivity contribution is 0.0117. The first-order valence-corrected chi connectivity index (χ1v) is 21.4. The molecular weight excluding hydrogens is 765 g/mol. The minimum absolute atomic E-state index is 0.00104. The van der Waals surface area contributed by atoms with Gasteiger partial charge in [-0.2, -0.15) is 10.5 Å². The Morgan fingerprint density at radius 2 is 1.10 bits per heavy atom. The van der Waals surface area contributed by atoms with E-state index in [0.29, 0.717) is 35.6 Å². The number of likely N-dealkylation sites (N-methyl/N-ethyl adjacent to an activating group) is 3. The fraction of sp³-hybridized carbons (Fsp3) is 0.429. The topological polar surface area (TPSA) is 159 Å². The first-order valence-electron chi connectivity index (χ1n) is 21.4. The van der Waals surface area contributed by atoms with Crippen LogP contribution in [0.1, 0.15) is 80.3 Å². The first kappa shape index (κ1) is 43.0. The lowest BCUT2D eigenvalue weighted by Crippen LogP contribution is -2.68. The Bertz CT molecular complexity index is 2340. The molecule has 0 radical (unpaired) electrons. The molecule has 2 heterocycles. The van der Waals surface area contributed by atoms with Crippen LogP contribution in [0.15, 0.2) is 84.9 Å². The van der Waals surface area contributed by atoms with E-state index in [9.17, 15) is 19.8 Å². The van der Waals surface area contributed by atoms with E-state index in [2.05, 4.69) is 67.4 Å². The third kappa shape index (κ3) is 8.23. The van der Waals surface area contributed by atoms with Crippen molar-refractivity contribution in [2.75, 3.05) is 50.9 Å². The van der Waals surface area contributed by atoms with Gasteiger partial charge in [-0.15, -0.1) is 0 Å². The van der Waals surface area contributed by atoms with E-state index in [1.165, 1.54) is 11.1 Å². The third-order valence-corrected chi connectivity index (χ3v) is 13.9. The zero-order valence-electron chi connectivity index (χ0n) is 36.2. The molecule has 4 aromatic rings. The molecule has 2 aliphatic carbocycles. The number of hydrogen-bond acceptors (Lipinski definition) is 8. The maximum Gasteiger partial charge on any atom is 0.322 e. The number of phenolic OH excluding ortho intramolecular Hbond substituents is 2. The van der Waals surface area contributed by atoms with Crippen LogP contribution in [-0.2, 0) is 23.7 Å². The predicted octanol–water partition coefficient (Wildman–Crippen LogP) is 7.80. The lowest BCUT2D eigenvalue weighted by Gasteiger charge is -2.57. The SMILES string of the molecule is CCCN(C(=O)Nc1ccc(C#N)cc1)[C@H]1[C@H]2Cc3ccc(O)cc3[C@@]1(C)CCN2C.CCN(C(=O)Nc1ccc(C#N)cc1)[C@@H]1[C@H]2Cc3ccc(O)cc3[C@@]1(C)CCN2C. The Morgan fingerprint density at radius 1 is 0.689 bits per heavy atom. The number of nitriles is 2. The molecule has 6 atom stereocenters. The van der Waals surface area contributed by atoms with Crippen LogP contribution in [0, 0.1) is 22.7 Å². The van der Waals surface area contributed by atoms with E-state index in [1.807, 2.05) is 41.0 Å². The van der Waals surface area contributed by atoms with E-state index in [1.54, 1.807) is 60.7 Å². The molecule has 8 rings (SSSR count). The summed E-state index contributed by atoms with van der Waals surface area (Å²) in [5.74, 6) is 0.552. The number of phenols is 2.